The molecule has 0 bridgehead atoms. The number of carbonyl (C=O) groups is 3. The summed E-state index contributed by atoms with van der Waals surface area (Å²) in [7, 11) is 1.49. The number of benzene rings is 2. The molecule has 0 aromatic heterocycles. The van der Waals surface area contributed by atoms with Crippen molar-refractivity contribution in [1.82, 2.24) is 0 Å². The number of Topliss-reactive ketones (excluding diaryl/α,β-unsaturated/α-hetero) is 1. The fraction of sp³-hybridized carbons (Fsp3) is 0.318. The topological polar surface area (TPSA) is 81.7 Å². The molecule has 0 saturated carbocycles. The number of methoxy groups -OCH3 is 1. The Morgan fingerprint density at radius 3 is 2.46 bits per heavy atom. The maximum absolute atomic E-state index is 12.4. The Kier molecular flexibility index (Phi) is 7.32. The first-order valence-corrected chi connectivity index (χ1v) is 9.01. The van der Waals surface area contributed by atoms with Crippen LogP contribution in [-0.4, -0.2) is 31.4 Å². The largest absolute Gasteiger partial charge is 0.496 e. The van der Waals surface area contributed by atoms with Crippen LogP contribution in [0, 0.1) is 20.8 Å². The summed E-state index contributed by atoms with van der Waals surface area (Å²) in [6.07, 6.45) is -0.121. The molecule has 0 aliphatic carbocycles. The molecule has 2 aromatic carbocycles. The molecule has 6 heteroatoms. The summed E-state index contributed by atoms with van der Waals surface area (Å²) in [5.74, 6) is -0.765. The van der Waals surface area contributed by atoms with Crippen molar-refractivity contribution >= 4 is 23.3 Å². The third-order valence-electron chi connectivity index (χ3n) is 4.45. The quantitative estimate of drug-likeness (QED) is 0.554. The van der Waals surface area contributed by atoms with Crippen molar-refractivity contribution in [3.8, 4) is 5.75 Å². The van der Waals surface area contributed by atoms with E-state index in [1.807, 2.05) is 39.0 Å². The third-order valence-corrected chi connectivity index (χ3v) is 4.45. The summed E-state index contributed by atoms with van der Waals surface area (Å²) in [5, 5.41) is 2.72. The fourth-order valence-corrected chi connectivity index (χ4v) is 2.68. The van der Waals surface area contributed by atoms with Crippen molar-refractivity contribution in [3.05, 3.63) is 58.7 Å². The minimum absolute atomic E-state index is 0.0166. The van der Waals surface area contributed by atoms with Gasteiger partial charge in [-0.1, -0.05) is 23.8 Å². The first kappa shape index (κ1) is 21.2. The highest BCUT2D eigenvalue weighted by molar-refractivity contribution is 6.00. The van der Waals surface area contributed by atoms with E-state index in [1.54, 1.807) is 18.2 Å². The SMILES string of the molecule is COc1ccc(C)cc1C(=O)CCC(=O)OCC(=O)Nc1cccc(C)c1C. The smallest absolute Gasteiger partial charge is 0.306 e. The molecule has 1 amide bonds. The molecule has 0 radical (unpaired) electrons. The Bertz CT molecular complexity index is 888. The van der Waals surface area contributed by atoms with Gasteiger partial charge in [-0.25, -0.2) is 0 Å². The van der Waals surface area contributed by atoms with Crippen LogP contribution in [-0.2, 0) is 14.3 Å². The van der Waals surface area contributed by atoms with Crippen LogP contribution in [0.3, 0.4) is 0 Å². The van der Waals surface area contributed by atoms with Crippen molar-refractivity contribution in [2.75, 3.05) is 19.0 Å². The number of rotatable bonds is 8. The van der Waals surface area contributed by atoms with Crippen LogP contribution in [0.2, 0.25) is 0 Å². The molecule has 28 heavy (non-hydrogen) atoms. The molecule has 2 rings (SSSR count). The summed E-state index contributed by atoms with van der Waals surface area (Å²) in [6.45, 7) is 5.33. The van der Waals surface area contributed by atoms with E-state index in [0.717, 1.165) is 16.7 Å². The van der Waals surface area contributed by atoms with E-state index in [4.69, 9.17) is 9.47 Å². The molecular formula is C22H25NO5. The van der Waals surface area contributed by atoms with Gasteiger partial charge in [0.2, 0.25) is 0 Å². The molecule has 6 nitrogen and oxygen atoms in total. The van der Waals surface area contributed by atoms with E-state index >= 15 is 0 Å². The Morgan fingerprint density at radius 2 is 1.75 bits per heavy atom. The van der Waals surface area contributed by atoms with Crippen molar-refractivity contribution in [2.24, 2.45) is 0 Å². The first-order chi connectivity index (χ1) is 13.3. The average Bonchev–Trinajstić information content (AvgIpc) is 2.68. The van der Waals surface area contributed by atoms with Crippen molar-refractivity contribution < 1.29 is 23.9 Å². The van der Waals surface area contributed by atoms with Crippen molar-refractivity contribution in [1.29, 1.82) is 0 Å². The van der Waals surface area contributed by atoms with Gasteiger partial charge < -0.3 is 14.8 Å². The minimum atomic E-state index is -0.601. The predicted octanol–water partition coefficient (Wildman–Crippen LogP) is 3.77. The normalized spacial score (nSPS) is 10.3. The lowest BCUT2D eigenvalue weighted by atomic mass is 10.0. The second-order valence-corrected chi connectivity index (χ2v) is 6.58. The zero-order valence-corrected chi connectivity index (χ0v) is 16.6. The number of esters is 1. The highest BCUT2D eigenvalue weighted by atomic mass is 16.5. The Morgan fingerprint density at radius 1 is 1.00 bits per heavy atom. The van der Waals surface area contributed by atoms with E-state index in [2.05, 4.69) is 5.32 Å². The standard InChI is InChI=1S/C22H25NO5/c1-14-8-10-20(27-4)17(12-14)19(24)9-11-22(26)28-13-21(25)23-18-7-5-6-15(2)16(18)3/h5-8,10,12H,9,11,13H2,1-4H3,(H,23,25). The van der Waals surface area contributed by atoms with Crippen LogP contribution in [0.1, 0.15) is 39.9 Å². The van der Waals surface area contributed by atoms with E-state index in [1.165, 1.54) is 7.11 Å². The highest BCUT2D eigenvalue weighted by Crippen LogP contribution is 2.22. The molecule has 0 spiro atoms. The maximum Gasteiger partial charge on any atom is 0.306 e. The number of hydrogen-bond acceptors (Lipinski definition) is 5. The van der Waals surface area contributed by atoms with E-state index in [-0.39, 0.29) is 18.6 Å². The van der Waals surface area contributed by atoms with Crippen LogP contribution < -0.4 is 10.1 Å². The van der Waals surface area contributed by atoms with Gasteiger partial charge in [0, 0.05) is 12.1 Å². The van der Waals surface area contributed by atoms with Gasteiger partial charge in [0.15, 0.2) is 12.4 Å². The predicted molar refractivity (Wildman–Crippen MR) is 107 cm³/mol. The molecule has 0 atom stereocenters. The van der Waals surface area contributed by atoms with E-state index in [9.17, 15) is 14.4 Å². The van der Waals surface area contributed by atoms with Gasteiger partial charge in [-0.3, -0.25) is 14.4 Å². The molecule has 0 aliphatic heterocycles. The van der Waals surface area contributed by atoms with Crippen molar-refractivity contribution in [3.63, 3.8) is 0 Å². The van der Waals surface area contributed by atoms with E-state index < -0.39 is 18.5 Å². The summed E-state index contributed by atoms with van der Waals surface area (Å²) < 4.78 is 10.2. The summed E-state index contributed by atoms with van der Waals surface area (Å²) >= 11 is 0. The van der Waals surface area contributed by atoms with Gasteiger partial charge in [0.1, 0.15) is 5.75 Å². The van der Waals surface area contributed by atoms with Crippen LogP contribution >= 0.6 is 0 Å². The highest BCUT2D eigenvalue weighted by Gasteiger charge is 2.16. The Labute approximate surface area is 164 Å². The zero-order chi connectivity index (χ0) is 20.7. The van der Waals surface area contributed by atoms with Gasteiger partial charge in [-0.2, -0.15) is 0 Å². The second kappa shape index (κ2) is 9.69. The molecule has 1 N–H and O–H groups in total. The number of anilines is 1. The lowest BCUT2D eigenvalue weighted by Gasteiger charge is -2.11. The number of aryl methyl sites for hydroxylation is 2. The molecule has 0 fully saturated rings. The Balaban J connectivity index is 1.83. The van der Waals surface area contributed by atoms with Crippen LogP contribution in [0.4, 0.5) is 5.69 Å². The minimum Gasteiger partial charge on any atom is -0.496 e. The number of hydrogen-bond donors (Lipinski definition) is 1. The fourth-order valence-electron chi connectivity index (χ4n) is 2.68. The summed E-state index contributed by atoms with van der Waals surface area (Å²) in [5.41, 5.74) is 4.06. The number of ketones is 1. The number of nitrogens with one attached hydrogen (secondary N) is 1. The van der Waals surface area contributed by atoms with Gasteiger partial charge >= 0.3 is 5.97 Å². The maximum atomic E-state index is 12.4. The Hall–Kier alpha value is -3.15. The molecule has 0 heterocycles. The monoisotopic (exact) mass is 383 g/mol. The van der Waals surface area contributed by atoms with Gasteiger partial charge in [-0.05, 0) is 50.1 Å². The molecule has 0 unspecified atom stereocenters. The molecule has 2 aromatic rings. The molecular weight excluding hydrogens is 358 g/mol. The van der Waals surface area contributed by atoms with Crippen molar-refractivity contribution in [2.45, 2.75) is 33.6 Å². The number of carbonyl (C=O) groups excluding carboxylic acids is 3. The number of ether oxygens (including phenoxy) is 2. The van der Waals surface area contributed by atoms with E-state index in [0.29, 0.717) is 17.0 Å². The third kappa shape index (κ3) is 5.67. The zero-order valence-electron chi connectivity index (χ0n) is 16.6. The first-order valence-electron chi connectivity index (χ1n) is 9.01. The average molecular weight is 383 g/mol. The van der Waals surface area contributed by atoms with Crippen LogP contribution in [0.5, 0.6) is 5.75 Å². The van der Waals surface area contributed by atoms with Crippen LogP contribution in [0.15, 0.2) is 36.4 Å². The molecule has 0 aliphatic rings. The van der Waals surface area contributed by atoms with Gasteiger partial charge in [0.05, 0.1) is 19.1 Å². The lowest BCUT2D eigenvalue weighted by Crippen LogP contribution is -2.21. The van der Waals surface area contributed by atoms with Crippen LogP contribution in [0.25, 0.3) is 0 Å². The second-order valence-electron chi connectivity index (χ2n) is 6.58. The summed E-state index contributed by atoms with van der Waals surface area (Å²) in [4.78, 5) is 36.2. The molecule has 148 valence electrons. The summed E-state index contributed by atoms with van der Waals surface area (Å²) in [6, 6.07) is 10.9. The lowest BCUT2D eigenvalue weighted by molar-refractivity contribution is -0.147. The van der Waals surface area contributed by atoms with Gasteiger partial charge in [0.25, 0.3) is 5.91 Å². The number of amides is 1. The molecule has 0 saturated heterocycles. The van der Waals surface area contributed by atoms with Gasteiger partial charge in [-0.15, -0.1) is 0 Å².